The highest BCUT2D eigenvalue weighted by Gasteiger charge is 2.73. The molecule has 7 nitrogen and oxygen atoms in total. The zero-order valence-corrected chi connectivity index (χ0v) is 20.8. The molecule has 2 aliphatic heterocycles. The van der Waals surface area contributed by atoms with Crippen LogP contribution in [0.3, 0.4) is 0 Å². The Kier molecular flexibility index (Phi) is 5.17. The van der Waals surface area contributed by atoms with E-state index < -0.39 is 34.1 Å². The molecule has 2 aliphatic carbocycles. The van der Waals surface area contributed by atoms with E-state index in [4.69, 9.17) is 18.6 Å². The SMILES string of the molecule is C=C1[C@H]2CC[C@]3(C)[C@@H](c4ccoc4)OC(=O)C[C@@]13O[C@@H]1C[C@@H](O)C(C)(C)[C@@H](CC(=O)OC)[C@]21C. The molecule has 34 heavy (non-hydrogen) atoms. The number of carbonyl (C=O) groups excluding carboxylic acids is 2. The topological polar surface area (TPSA) is 95.2 Å². The van der Waals surface area contributed by atoms with Gasteiger partial charge in [0.25, 0.3) is 0 Å². The Balaban J connectivity index is 1.62. The molecule has 0 radical (unpaired) electrons. The Morgan fingerprint density at radius 3 is 2.68 bits per heavy atom. The summed E-state index contributed by atoms with van der Waals surface area (Å²) in [6.07, 6.45) is 4.06. The number of aliphatic hydroxyl groups excluding tert-OH is 1. The van der Waals surface area contributed by atoms with Gasteiger partial charge in [0.05, 0.1) is 38.3 Å². The predicted molar refractivity (Wildman–Crippen MR) is 122 cm³/mol. The van der Waals surface area contributed by atoms with E-state index in [1.165, 1.54) is 7.11 Å². The average molecular weight is 473 g/mol. The van der Waals surface area contributed by atoms with Crippen molar-refractivity contribution in [2.45, 2.75) is 83.7 Å². The van der Waals surface area contributed by atoms with Gasteiger partial charge < -0.3 is 23.7 Å². The summed E-state index contributed by atoms with van der Waals surface area (Å²) in [6, 6.07) is 1.84. The molecule has 5 rings (SSSR count). The van der Waals surface area contributed by atoms with E-state index in [1.807, 2.05) is 19.9 Å². The highest BCUT2D eigenvalue weighted by molar-refractivity contribution is 5.74. The van der Waals surface area contributed by atoms with Crippen LogP contribution in [0.25, 0.3) is 0 Å². The van der Waals surface area contributed by atoms with Crippen LogP contribution >= 0.6 is 0 Å². The second-order valence-electron chi connectivity index (χ2n) is 11.8. The second kappa shape index (κ2) is 7.44. The number of furan rings is 1. The van der Waals surface area contributed by atoms with E-state index in [2.05, 4.69) is 20.4 Å². The van der Waals surface area contributed by atoms with Crippen LogP contribution in [0.2, 0.25) is 0 Å². The van der Waals surface area contributed by atoms with Crippen molar-refractivity contribution in [2.24, 2.45) is 28.1 Å². The molecule has 1 N–H and O–H groups in total. The summed E-state index contributed by atoms with van der Waals surface area (Å²) in [6.45, 7) is 12.9. The first kappa shape index (κ1) is 23.6. The lowest BCUT2D eigenvalue weighted by molar-refractivity contribution is -0.314. The molecule has 4 fully saturated rings. The normalized spacial score (nSPS) is 45.1. The fraction of sp³-hybridized carbons (Fsp3) is 0.704. The minimum atomic E-state index is -0.908. The summed E-state index contributed by atoms with van der Waals surface area (Å²) >= 11 is 0. The van der Waals surface area contributed by atoms with E-state index in [-0.39, 0.29) is 42.7 Å². The first-order valence-corrected chi connectivity index (χ1v) is 12.3. The molecule has 186 valence electrons. The zero-order chi connectivity index (χ0) is 24.7. The summed E-state index contributed by atoms with van der Waals surface area (Å²) in [5.41, 5.74) is -0.672. The maximum absolute atomic E-state index is 13.0. The van der Waals surface area contributed by atoms with E-state index >= 15 is 0 Å². The number of aliphatic hydroxyl groups is 1. The molecule has 1 spiro atoms. The standard InChI is InChI=1S/C27H36O7/c1-15-17-7-9-25(4)23(16-8-10-32-14-16)33-22(30)13-27(15,25)34-20-12-19(28)24(2,3)18(26(17,20)5)11-21(29)31-6/h8,10,14,17-20,23,28H,1,7,9,11-13H2,2-6H3/t17-,18-,19-,20-,23-,25-,26+,27-/m1/s1. The molecule has 2 saturated carbocycles. The van der Waals surface area contributed by atoms with Gasteiger partial charge in [-0.2, -0.15) is 0 Å². The third-order valence-corrected chi connectivity index (χ3v) is 10.2. The summed E-state index contributed by atoms with van der Waals surface area (Å²) < 4.78 is 23.3. The third kappa shape index (κ3) is 2.83. The number of ether oxygens (including phenoxy) is 3. The van der Waals surface area contributed by atoms with Crippen LogP contribution in [-0.4, -0.2) is 42.0 Å². The molecule has 8 atom stereocenters. The van der Waals surface area contributed by atoms with Crippen LogP contribution in [0.15, 0.2) is 35.2 Å². The van der Waals surface area contributed by atoms with Gasteiger partial charge in [-0.15, -0.1) is 0 Å². The zero-order valence-electron chi connectivity index (χ0n) is 20.8. The van der Waals surface area contributed by atoms with Gasteiger partial charge in [-0.05, 0) is 41.7 Å². The Hall–Kier alpha value is -2.12. The monoisotopic (exact) mass is 472 g/mol. The molecule has 2 bridgehead atoms. The molecule has 1 aromatic heterocycles. The van der Waals surface area contributed by atoms with Crippen LogP contribution < -0.4 is 0 Å². The molecule has 3 heterocycles. The van der Waals surface area contributed by atoms with E-state index in [9.17, 15) is 14.7 Å². The summed E-state index contributed by atoms with van der Waals surface area (Å²) in [5, 5.41) is 11.2. The molecule has 4 aliphatic rings. The molecule has 0 amide bonds. The summed E-state index contributed by atoms with van der Waals surface area (Å²) in [5.74, 6) is -0.752. The van der Waals surface area contributed by atoms with E-state index in [0.29, 0.717) is 6.42 Å². The minimum Gasteiger partial charge on any atom is -0.472 e. The maximum Gasteiger partial charge on any atom is 0.309 e. The van der Waals surface area contributed by atoms with Gasteiger partial charge in [0.1, 0.15) is 11.7 Å². The molecule has 0 aromatic carbocycles. The number of cyclic esters (lactones) is 1. The van der Waals surface area contributed by atoms with Gasteiger partial charge in [-0.1, -0.05) is 34.3 Å². The smallest absolute Gasteiger partial charge is 0.309 e. The second-order valence-corrected chi connectivity index (χ2v) is 11.8. The third-order valence-electron chi connectivity index (χ3n) is 10.2. The minimum absolute atomic E-state index is 0.0386. The first-order chi connectivity index (χ1) is 15.9. The Morgan fingerprint density at radius 2 is 2.03 bits per heavy atom. The highest BCUT2D eigenvalue weighted by Crippen LogP contribution is 2.72. The lowest BCUT2D eigenvalue weighted by Crippen LogP contribution is -2.73. The molecule has 1 aromatic rings. The van der Waals surface area contributed by atoms with Crippen LogP contribution in [0, 0.1) is 28.1 Å². The fourth-order valence-electron chi connectivity index (χ4n) is 8.07. The molecular formula is C27H36O7. The van der Waals surface area contributed by atoms with Gasteiger partial charge in [-0.3, -0.25) is 9.59 Å². The largest absolute Gasteiger partial charge is 0.472 e. The van der Waals surface area contributed by atoms with E-state index in [0.717, 1.165) is 24.0 Å². The number of hydrogen-bond donors (Lipinski definition) is 1. The number of methoxy groups -OCH3 is 1. The fourth-order valence-corrected chi connectivity index (χ4v) is 8.07. The Bertz CT molecular complexity index is 1010. The van der Waals surface area contributed by atoms with Gasteiger partial charge in [0.15, 0.2) is 0 Å². The molecule has 7 heteroatoms. The molecular weight excluding hydrogens is 436 g/mol. The summed E-state index contributed by atoms with van der Waals surface area (Å²) in [4.78, 5) is 25.5. The number of hydrogen-bond acceptors (Lipinski definition) is 7. The van der Waals surface area contributed by atoms with Gasteiger partial charge >= 0.3 is 11.9 Å². The van der Waals surface area contributed by atoms with E-state index in [1.54, 1.807) is 12.5 Å². The van der Waals surface area contributed by atoms with Crippen LogP contribution in [0.5, 0.6) is 0 Å². The average Bonchev–Trinajstić information content (AvgIpc) is 3.30. The van der Waals surface area contributed by atoms with Crippen molar-refractivity contribution in [1.82, 2.24) is 0 Å². The van der Waals surface area contributed by atoms with Crippen molar-refractivity contribution < 1.29 is 33.3 Å². The predicted octanol–water partition coefficient (Wildman–Crippen LogP) is 4.35. The van der Waals surface area contributed by atoms with Crippen LogP contribution in [-0.2, 0) is 23.8 Å². The number of esters is 2. The van der Waals surface area contributed by atoms with Crippen molar-refractivity contribution in [2.75, 3.05) is 7.11 Å². The van der Waals surface area contributed by atoms with Gasteiger partial charge in [-0.25, -0.2) is 0 Å². The lowest BCUT2D eigenvalue weighted by Gasteiger charge is -2.71. The molecule has 0 unspecified atom stereocenters. The van der Waals surface area contributed by atoms with Crippen LogP contribution in [0.4, 0.5) is 0 Å². The van der Waals surface area contributed by atoms with Gasteiger partial charge in [0, 0.05) is 29.2 Å². The van der Waals surface area contributed by atoms with Crippen molar-refractivity contribution in [3.8, 4) is 0 Å². The number of rotatable bonds is 3. The van der Waals surface area contributed by atoms with Gasteiger partial charge in [0.2, 0.25) is 0 Å². The molecule has 2 saturated heterocycles. The maximum atomic E-state index is 13.0. The van der Waals surface area contributed by atoms with Crippen molar-refractivity contribution in [1.29, 1.82) is 0 Å². The number of carbonyl (C=O) groups is 2. The first-order valence-electron chi connectivity index (χ1n) is 12.3. The van der Waals surface area contributed by atoms with Crippen LogP contribution in [0.1, 0.15) is 71.5 Å². The van der Waals surface area contributed by atoms with Crippen molar-refractivity contribution in [3.05, 3.63) is 36.3 Å². The van der Waals surface area contributed by atoms with Crippen molar-refractivity contribution >= 4 is 11.9 Å². The highest BCUT2D eigenvalue weighted by atomic mass is 16.6. The Labute approximate surface area is 200 Å². The number of fused-ring (bicyclic) bond motifs is 3. The Morgan fingerprint density at radius 1 is 1.29 bits per heavy atom. The lowest BCUT2D eigenvalue weighted by atomic mass is 9.41. The quantitative estimate of drug-likeness (QED) is 0.516. The van der Waals surface area contributed by atoms with Crippen molar-refractivity contribution in [3.63, 3.8) is 0 Å². The summed E-state index contributed by atoms with van der Waals surface area (Å²) in [7, 11) is 1.40.